The summed E-state index contributed by atoms with van der Waals surface area (Å²) in [4.78, 5) is 12.7. The molecule has 0 unspecified atom stereocenters. The van der Waals surface area contributed by atoms with Gasteiger partial charge in [0.2, 0.25) is 5.91 Å². The van der Waals surface area contributed by atoms with Crippen LogP contribution in [0.2, 0.25) is 0 Å². The van der Waals surface area contributed by atoms with Crippen molar-refractivity contribution in [3.8, 4) is 11.4 Å². The predicted octanol–water partition coefficient (Wildman–Crippen LogP) is 5.77. The van der Waals surface area contributed by atoms with Gasteiger partial charge >= 0.3 is 0 Å². The van der Waals surface area contributed by atoms with Crippen molar-refractivity contribution in [2.45, 2.75) is 11.7 Å². The largest absolute Gasteiger partial charge is 0.495 e. The van der Waals surface area contributed by atoms with E-state index in [2.05, 4.69) is 45.1 Å². The van der Waals surface area contributed by atoms with Crippen LogP contribution in [0.1, 0.15) is 5.82 Å². The summed E-state index contributed by atoms with van der Waals surface area (Å²) >= 11 is 1.34. The third kappa shape index (κ3) is 5.18. The average molecular weight is 496 g/mol. The van der Waals surface area contributed by atoms with Crippen molar-refractivity contribution < 1.29 is 9.53 Å². The van der Waals surface area contributed by atoms with Crippen molar-refractivity contribution in [2.75, 3.05) is 23.5 Å². The zero-order valence-electron chi connectivity index (χ0n) is 19.7. The number of amides is 1. The molecule has 0 atom stereocenters. The number of nitrogens with one attached hydrogen (secondary N) is 2. The molecule has 1 heterocycles. The van der Waals surface area contributed by atoms with Gasteiger partial charge < -0.3 is 15.4 Å². The Hall–Kier alpha value is -4.30. The Balaban J connectivity index is 1.35. The minimum absolute atomic E-state index is 0.150. The van der Waals surface area contributed by atoms with Crippen LogP contribution in [0.25, 0.3) is 16.5 Å². The van der Waals surface area contributed by atoms with Gasteiger partial charge in [0.25, 0.3) is 0 Å². The first-order valence-corrected chi connectivity index (χ1v) is 12.5. The highest BCUT2D eigenvalue weighted by atomic mass is 32.2. The van der Waals surface area contributed by atoms with Crippen LogP contribution in [0.4, 0.5) is 11.4 Å². The van der Waals surface area contributed by atoms with Gasteiger partial charge in [-0.3, -0.25) is 9.36 Å². The molecule has 0 saturated carbocycles. The summed E-state index contributed by atoms with van der Waals surface area (Å²) in [5.74, 6) is 1.40. The number of para-hydroxylation sites is 3. The van der Waals surface area contributed by atoms with Crippen molar-refractivity contribution >= 4 is 39.8 Å². The van der Waals surface area contributed by atoms with Crippen LogP contribution in [0, 0.1) is 0 Å². The molecule has 1 amide bonds. The highest BCUT2D eigenvalue weighted by Crippen LogP contribution is 2.27. The van der Waals surface area contributed by atoms with Crippen LogP contribution in [0.15, 0.2) is 102 Å². The van der Waals surface area contributed by atoms with Crippen LogP contribution in [0.5, 0.6) is 5.75 Å². The van der Waals surface area contributed by atoms with Gasteiger partial charge in [0.15, 0.2) is 11.0 Å². The number of benzene rings is 4. The summed E-state index contributed by atoms with van der Waals surface area (Å²) in [5, 5.41) is 18.2. The highest BCUT2D eigenvalue weighted by molar-refractivity contribution is 7.99. The Morgan fingerprint density at radius 1 is 0.861 bits per heavy atom. The van der Waals surface area contributed by atoms with E-state index in [9.17, 15) is 4.79 Å². The van der Waals surface area contributed by atoms with Crippen LogP contribution < -0.4 is 15.4 Å². The van der Waals surface area contributed by atoms with Gasteiger partial charge in [-0.15, -0.1) is 10.2 Å². The van der Waals surface area contributed by atoms with E-state index in [0.717, 1.165) is 22.6 Å². The molecule has 0 radical (unpaired) electrons. The number of methoxy groups -OCH3 is 1. The number of anilines is 2. The molecule has 4 aromatic carbocycles. The van der Waals surface area contributed by atoms with Crippen LogP contribution in [-0.2, 0) is 11.3 Å². The summed E-state index contributed by atoms with van der Waals surface area (Å²) < 4.78 is 7.31. The molecule has 0 aliphatic heterocycles. The number of aromatic nitrogens is 3. The lowest BCUT2D eigenvalue weighted by Crippen LogP contribution is -2.15. The number of carbonyl (C=O) groups excluding carboxylic acids is 1. The van der Waals surface area contributed by atoms with E-state index in [-0.39, 0.29) is 11.7 Å². The summed E-state index contributed by atoms with van der Waals surface area (Å²) in [5.41, 5.74) is 2.60. The highest BCUT2D eigenvalue weighted by Gasteiger charge is 2.17. The van der Waals surface area contributed by atoms with E-state index >= 15 is 0 Å². The molecule has 0 aliphatic rings. The lowest BCUT2D eigenvalue weighted by molar-refractivity contribution is -0.113. The molecule has 36 heavy (non-hydrogen) atoms. The Morgan fingerprint density at radius 2 is 1.58 bits per heavy atom. The Kier molecular flexibility index (Phi) is 7.14. The summed E-state index contributed by atoms with van der Waals surface area (Å²) in [6.07, 6.45) is 0. The number of hydrogen-bond donors (Lipinski definition) is 2. The number of carbonyl (C=O) groups is 1. The van der Waals surface area contributed by atoms with Crippen molar-refractivity contribution in [3.63, 3.8) is 0 Å². The molecule has 2 N–H and O–H groups in total. The minimum atomic E-state index is -0.150. The monoisotopic (exact) mass is 495 g/mol. The SMILES string of the molecule is COc1ccccc1NC(=O)CSc1nnc(CNc2cccc3ccccc23)n1-c1ccccc1. The summed E-state index contributed by atoms with van der Waals surface area (Å²) in [7, 11) is 1.58. The molecule has 0 saturated heterocycles. The van der Waals surface area contributed by atoms with E-state index in [0.29, 0.717) is 23.1 Å². The number of hydrogen-bond acceptors (Lipinski definition) is 6. The van der Waals surface area contributed by atoms with E-state index in [4.69, 9.17) is 4.74 Å². The molecule has 0 fully saturated rings. The van der Waals surface area contributed by atoms with Crippen molar-refractivity contribution in [2.24, 2.45) is 0 Å². The first kappa shape index (κ1) is 23.4. The standard InChI is InChI=1S/C28H25N5O2S/c1-35-25-17-8-7-15-24(25)30-27(34)19-36-28-32-31-26(33(28)21-12-3-2-4-13-21)18-29-23-16-9-11-20-10-5-6-14-22(20)23/h2-17,29H,18-19H2,1H3,(H,30,34). The second-order valence-electron chi connectivity index (χ2n) is 7.99. The second kappa shape index (κ2) is 11.0. The zero-order chi connectivity index (χ0) is 24.7. The van der Waals surface area contributed by atoms with Crippen molar-refractivity contribution in [1.29, 1.82) is 0 Å². The van der Waals surface area contributed by atoms with Gasteiger partial charge in [0.1, 0.15) is 5.75 Å². The fourth-order valence-corrected chi connectivity index (χ4v) is 4.73. The Bertz CT molecular complexity index is 1480. The molecule has 5 aromatic rings. The summed E-state index contributed by atoms with van der Waals surface area (Å²) in [6.45, 7) is 0.476. The molecule has 180 valence electrons. The first-order valence-electron chi connectivity index (χ1n) is 11.5. The van der Waals surface area contributed by atoms with Crippen molar-refractivity contribution in [3.05, 3.63) is 103 Å². The molecular formula is C28H25N5O2S. The third-order valence-corrected chi connectivity index (χ3v) is 6.58. The zero-order valence-corrected chi connectivity index (χ0v) is 20.5. The van der Waals surface area contributed by atoms with Gasteiger partial charge in [-0.2, -0.15) is 0 Å². The Labute approximate surface area is 213 Å². The molecule has 5 rings (SSSR count). The Morgan fingerprint density at radius 3 is 2.44 bits per heavy atom. The quantitative estimate of drug-likeness (QED) is 0.253. The predicted molar refractivity (Wildman–Crippen MR) is 145 cm³/mol. The maximum absolute atomic E-state index is 12.7. The molecule has 7 nitrogen and oxygen atoms in total. The van der Waals surface area contributed by atoms with Gasteiger partial charge in [-0.1, -0.05) is 78.5 Å². The van der Waals surface area contributed by atoms with Gasteiger partial charge in [0, 0.05) is 16.8 Å². The fourth-order valence-electron chi connectivity index (χ4n) is 3.96. The lowest BCUT2D eigenvalue weighted by Gasteiger charge is -2.13. The number of ether oxygens (including phenoxy) is 1. The number of thioether (sulfide) groups is 1. The molecule has 8 heteroatoms. The van der Waals surface area contributed by atoms with E-state index < -0.39 is 0 Å². The molecule has 1 aromatic heterocycles. The van der Waals surface area contributed by atoms with E-state index in [1.165, 1.54) is 17.1 Å². The smallest absolute Gasteiger partial charge is 0.234 e. The number of rotatable bonds is 9. The van der Waals surface area contributed by atoms with Gasteiger partial charge in [-0.05, 0) is 35.7 Å². The normalized spacial score (nSPS) is 10.8. The van der Waals surface area contributed by atoms with Crippen molar-refractivity contribution in [1.82, 2.24) is 14.8 Å². The molecular weight excluding hydrogens is 470 g/mol. The number of fused-ring (bicyclic) bond motifs is 1. The van der Waals surface area contributed by atoms with E-state index in [1.807, 2.05) is 77.4 Å². The first-order chi connectivity index (χ1) is 17.7. The van der Waals surface area contributed by atoms with E-state index in [1.54, 1.807) is 7.11 Å². The fraction of sp³-hybridized carbons (Fsp3) is 0.107. The van der Waals surface area contributed by atoms with Crippen LogP contribution in [-0.4, -0.2) is 33.5 Å². The molecule has 0 spiro atoms. The second-order valence-corrected chi connectivity index (χ2v) is 8.93. The summed E-state index contributed by atoms with van der Waals surface area (Å²) in [6, 6.07) is 31.7. The van der Waals surface area contributed by atoms with Gasteiger partial charge in [-0.25, -0.2) is 0 Å². The minimum Gasteiger partial charge on any atom is -0.495 e. The maximum atomic E-state index is 12.7. The van der Waals surface area contributed by atoms with Crippen LogP contribution in [0.3, 0.4) is 0 Å². The lowest BCUT2D eigenvalue weighted by atomic mass is 10.1. The third-order valence-electron chi connectivity index (χ3n) is 5.65. The van der Waals surface area contributed by atoms with Gasteiger partial charge in [0.05, 0.1) is 25.1 Å². The molecule has 0 bridgehead atoms. The average Bonchev–Trinajstić information content (AvgIpc) is 3.34. The topological polar surface area (TPSA) is 81.1 Å². The number of nitrogens with zero attached hydrogens (tertiary/aromatic N) is 3. The maximum Gasteiger partial charge on any atom is 0.234 e. The van der Waals surface area contributed by atoms with Crippen LogP contribution >= 0.6 is 11.8 Å². The molecule has 0 aliphatic carbocycles.